The number of rotatable bonds is 7. The van der Waals surface area contributed by atoms with E-state index < -0.39 is 5.41 Å². The SMILES string of the molecule is O=C(COC(=O)C1(c2ccccc2)CC1)NCCc1ccc(Cl)cc1Cl. The van der Waals surface area contributed by atoms with Gasteiger partial charge in [-0.25, -0.2) is 0 Å². The number of esters is 1. The molecule has 3 rings (SSSR count). The Morgan fingerprint density at radius 2 is 1.81 bits per heavy atom. The second-order valence-corrected chi connectivity index (χ2v) is 7.20. The van der Waals surface area contributed by atoms with Crippen LogP contribution in [-0.2, 0) is 26.2 Å². The van der Waals surface area contributed by atoms with Crippen LogP contribution in [0.25, 0.3) is 0 Å². The highest BCUT2D eigenvalue weighted by molar-refractivity contribution is 6.35. The summed E-state index contributed by atoms with van der Waals surface area (Å²) < 4.78 is 5.23. The summed E-state index contributed by atoms with van der Waals surface area (Å²) in [6.07, 6.45) is 2.09. The van der Waals surface area contributed by atoms with Crippen LogP contribution in [0.5, 0.6) is 0 Å². The predicted molar refractivity (Wildman–Crippen MR) is 101 cm³/mol. The number of hydrogen-bond donors (Lipinski definition) is 1. The van der Waals surface area contributed by atoms with E-state index in [1.165, 1.54) is 0 Å². The molecule has 1 N–H and O–H groups in total. The largest absolute Gasteiger partial charge is 0.455 e. The van der Waals surface area contributed by atoms with Crippen molar-refractivity contribution in [3.8, 4) is 0 Å². The summed E-state index contributed by atoms with van der Waals surface area (Å²) in [7, 11) is 0. The first-order valence-electron chi connectivity index (χ1n) is 8.45. The average Bonchev–Trinajstić information content (AvgIpc) is 3.44. The van der Waals surface area contributed by atoms with E-state index in [1.54, 1.807) is 12.1 Å². The van der Waals surface area contributed by atoms with Gasteiger partial charge in [0.15, 0.2) is 6.61 Å². The molecular formula is C20H19Cl2NO3. The number of nitrogens with one attached hydrogen (secondary N) is 1. The second-order valence-electron chi connectivity index (χ2n) is 6.36. The smallest absolute Gasteiger partial charge is 0.317 e. The van der Waals surface area contributed by atoms with Gasteiger partial charge in [0.25, 0.3) is 5.91 Å². The number of halogens is 2. The molecule has 0 unspecified atom stereocenters. The number of carbonyl (C=O) groups excluding carboxylic acids is 2. The van der Waals surface area contributed by atoms with Gasteiger partial charge in [0.05, 0.1) is 5.41 Å². The van der Waals surface area contributed by atoms with Crippen LogP contribution < -0.4 is 5.32 Å². The lowest BCUT2D eigenvalue weighted by atomic mass is 9.96. The normalized spacial score (nSPS) is 14.5. The highest BCUT2D eigenvalue weighted by Crippen LogP contribution is 2.49. The molecule has 0 aromatic heterocycles. The Kier molecular flexibility index (Phi) is 5.84. The molecule has 0 saturated heterocycles. The molecule has 26 heavy (non-hydrogen) atoms. The van der Waals surface area contributed by atoms with Gasteiger partial charge in [-0.15, -0.1) is 0 Å². The standard InChI is InChI=1S/C20H19Cl2NO3/c21-16-7-6-14(17(22)12-16)8-11-23-18(24)13-26-19(25)20(9-10-20)15-4-2-1-3-5-15/h1-7,12H,8-11,13H2,(H,23,24). The van der Waals surface area contributed by atoms with Crippen molar-refractivity contribution in [1.29, 1.82) is 0 Å². The van der Waals surface area contributed by atoms with E-state index in [2.05, 4.69) is 5.32 Å². The van der Waals surface area contributed by atoms with Crippen LogP contribution in [-0.4, -0.2) is 25.0 Å². The Morgan fingerprint density at radius 1 is 1.08 bits per heavy atom. The zero-order valence-electron chi connectivity index (χ0n) is 14.1. The lowest BCUT2D eigenvalue weighted by Crippen LogP contribution is -2.33. The lowest BCUT2D eigenvalue weighted by Gasteiger charge is -2.14. The van der Waals surface area contributed by atoms with Crippen molar-refractivity contribution in [2.24, 2.45) is 0 Å². The van der Waals surface area contributed by atoms with Gasteiger partial charge < -0.3 is 10.1 Å². The molecule has 0 aliphatic heterocycles. The maximum Gasteiger partial charge on any atom is 0.317 e. The van der Waals surface area contributed by atoms with Crippen LogP contribution in [0.4, 0.5) is 0 Å². The molecule has 4 nitrogen and oxygen atoms in total. The fraction of sp³-hybridized carbons (Fsp3) is 0.300. The van der Waals surface area contributed by atoms with E-state index in [-0.39, 0.29) is 18.5 Å². The highest BCUT2D eigenvalue weighted by atomic mass is 35.5. The van der Waals surface area contributed by atoms with Crippen LogP contribution in [0.15, 0.2) is 48.5 Å². The molecule has 1 amide bonds. The molecule has 1 aliphatic carbocycles. The van der Waals surface area contributed by atoms with Gasteiger partial charge in [-0.2, -0.15) is 0 Å². The molecule has 136 valence electrons. The molecule has 0 bridgehead atoms. The maximum absolute atomic E-state index is 12.4. The van der Waals surface area contributed by atoms with E-state index in [9.17, 15) is 9.59 Å². The van der Waals surface area contributed by atoms with Crippen molar-refractivity contribution in [2.45, 2.75) is 24.7 Å². The highest BCUT2D eigenvalue weighted by Gasteiger charge is 2.52. The van der Waals surface area contributed by atoms with Crippen molar-refractivity contribution < 1.29 is 14.3 Å². The van der Waals surface area contributed by atoms with Crippen LogP contribution in [0, 0.1) is 0 Å². The van der Waals surface area contributed by atoms with Gasteiger partial charge in [0.2, 0.25) is 0 Å². The molecule has 2 aromatic carbocycles. The summed E-state index contributed by atoms with van der Waals surface area (Å²) in [5, 5.41) is 3.87. The Morgan fingerprint density at radius 3 is 2.46 bits per heavy atom. The van der Waals surface area contributed by atoms with Gasteiger partial charge in [0, 0.05) is 16.6 Å². The minimum Gasteiger partial charge on any atom is -0.455 e. The Balaban J connectivity index is 1.44. The zero-order valence-corrected chi connectivity index (χ0v) is 15.6. The second kappa shape index (κ2) is 8.11. The first-order valence-corrected chi connectivity index (χ1v) is 9.20. The summed E-state index contributed by atoms with van der Waals surface area (Å²) in [5.74, 6) is -0.660. The van der Waals surface area contributed by atoms with Gasteiger partial charge in [-0.3, -0.25) is 9.59 Å². The fourth-order valence-corrected chi connectivity index (χ4v) is 3.38. The minimum absolute atomic E-state index is 0.276. The Labute approximate surface area is 162 Å². The first kappa shape index (κ1) is 18.7. The molecule has 0 heterocycles. The topological polar surface area (TPSA) is 55.4 Å². The molecular weight excluding hydrogens is 373 g/mol. The predicted octanol–water partition coefficient (Wildman–Crippen LogP) is 3.93. The average molecular weight is 392 g/mol. The molecule has 2 aromatic rings. The zero-order chi connectivity index (χ0) is 18.6. The van der Waals surface area contributed by atoms with Gasteiger partial charge in [-0.05, 0) is 42.5 Å². The monoisotopic (exact) mass is 391 g/mol. The number of ether oxygens (including phenoxy) is 1. The molecule has 6 heteroatoms. The van der Waals surface area contributed by atoms with Crippen LogP contribution in [0.3, 0.4) is 0 Å². The van der Waals surface area contributed by atoms with Gasteiger partial charge in [-0.1, -0.05) is 59.6 Å². The third kappa shape index (κ3) is 4.37. The minimum atomic E-state index is -0.571. The van der Waals surface area contributed by atoms with E-state index in [1.807, 2.05) is 36.4 Å². The van der Waals surface area contributed by atoms with Crippen molar-refractivity contribution >= 4 is 35.1 Å². The third-order valence-corrected chi connectivity index (χ3v) is 5.12. The van der Waals surface area contributed by atoms with Crippen molar-refractivity contribution in [2.75, 3.05) is 13.2 Å². The number of carbonyl (C=O) groups is 2. The van der Waals surface area contributed by atoms with E-state index >= 15 is 0 Å². The van der Waals surface area contributed by atoms with Crippen molar-refractivity contribution in [1.82, 2.24) is 5.32 Å². The lowest BCUT2D eigenvalue weighted by molar-refractivity contribution is -0.151. The van der Waals surface area contributed by atoms with E-state index in [0.29, 0.717) is 23.0 Å². The van der Waals surface area contributed by atoms with Crippen LogP contribution >= 0.6 is 23.2 Å². The summed E-state index contributed by atoms with van der Waals surface area (Å²) in [4.78, 5) is 24.3. The third-order valence-electron chi connectivity index (χ3n) is 4.53. The molecule has 0 atom stereocenters. The van der Waals surface area contributed by atoms with Gasteiger partial charge >= 0.3 is 5.97 Å². The van der Waals surface area contributed by atoms with Crippen molar-refractivity contribution in [3.05, 3.63) is 69.7 Å². The summed E-state index contributed by atoms with van der Waals surface area (Å²) in [5.41, 5.74) is 1.27. The molecule has 1 fully saturated rings. The first-order chi connectivity index (χ1) is 12.5. The number of benzene rings is 2. The number of hydrogen-bond acceptors (Lipinski definition) is 3. The molecule has 1 aliphatic rings. The molecule has 1 saturated carbocycles. The van der Waals surface area contributed by atoms with Crippen molar-refractivity contribution in [3.63, 3.8) is 0 Å². The summed E-state index contributed by atoms with van der Waals surface area (Å²) in [6, 6.07) is 14.8. The van der Waals surface area contributed by atoms with E-state index in [4.69, 9.17) is 27.9 Å². The number of amides is 1. The maximum atomic E-state index is 12.4. The van der Waals surface area contributed by atoms with Crippen LogP contribution in [0.1, 0.15) is 24.0 Å². The Hall–Kier alpha value is -2.04. The molecule has 0 radical (unpaired) electrons. The summed E-state index contributed by atoms with van der Waals surface area (Å²) >= 11 is 12.0. The van der Waals surface area contributed by atoms with Gasteiger partial charge in [0.1, 0.15) is 0 Å². The van der Waals surface area contributed by atoms with Crippen LogP contribution in [0.2, 0.25) is 10.0 Å². The molecule has 0 spiro atoms. The van der Waals surface area contributed by atoms with E-state index in [0.717, 1.165) is 24.0 Å². The summed E-state index contributed by atoms with van der Waals surface area (Å²) in [6.45, 7) is 0.128. The quantitative estimate of drug-likeness (QED) is 0.727. The fourth-order valence-electron chi connectivity index (χ4n) is 2.87. The Bertz CT molecular complexity index is 804.